The molecule has 0 saturated carbocycles. The van der Waals surface area contributed by atoms with Crippen molar-refractivity contribution in [2.45, 2.75) is 109 Å². The smallest absolute Gasteiger partial charge is 0.365 e. The Hall–Kier alpha value is -1.62. The molecule has 0 rings (SSSR count). The van der Waals surface area contributed by atoms with E-state index in [1.807, 2.05) is 0 Å². The van der Waals surface area contributed by atoms with Gasteiger partial charge in [-0.1, -0.05) is 97.1 Å². The Labute approximate surface area is 177 Å². The molecular weight excluding hydrogens is 368 g/mol. The lowest BCUT2D eigenvalue weighted by Gasteiger charge is -2.15. The highest BCUT2D eigenvalue weighted by atomic mass is 17.2. The van der Waals surface area contributed by atoms with E-state index in [1.165, 1.54) is 51.0 Å². The van der Waals surface area contributed by atoms with Crippen LogP contribution in [-0.4, -0.2) is 24.6 Å². The molecule has 0 amide bonds. The number of hydrogen-bond donors (Lipinski definition) is 0. The van der Waals surface area contributed by atoms with Crippen LogP contribution >= 0.6 is 0 Å². The minimum Gasteiger partial charge on any atom is -0.463 e. The summed E-state index contributed by atoms with van der Waals surface area (Å²) in [5, 5.41) is 0. The fraction of sp³-hybridized carbons (Fsp3) is 0.750. The lowest BCUT2D eigenvalue weighted by molar-refractivity contribution is -0.296. The molecule has 1 unspecified atom stereocenters. The predicted molar refractivity (Wildman–Crippen MR) is 117 cm³/mol. The first-order valence-corrected chi connectivity index (χ1v) is 11.4. The number of esters is 1. The van der Waals surface area contributed by atoms with Gasteiger partial charge in [0.1, 0.15) is 6.10 Å². The second-order valence-electron chi connectivity index (χ2n) is 7.52. The lowest BCUT2D eigenvalue weighted by atomic mass is 10.0. The standard InChI is InChI=1S/C24H42O5/c1-4-7-8-9-13-16-19-22(28-29-24(26)6-3)20-17-14-11-10-12-15-18-21-27-23(25)5-2/h5-6,22H,2-4,7-21H2,1H3. The van der Waals surface area contributed by atoms with E-state index in [-0.39, 0.29) is 12.1 Å². The molecule has 5 heteroatoms. The third-order valence-corrected chi connectivity index (χ3v) is 4.89. The number of hydrogen-bond acceptors (Lipinski definition) is 5. The van der Waals surface area contributed by atoms with Gasteiger partial charge in [-0.25, -0.2) is 9.59 Å². The number of carbonyl (C=O) groups excluding carboxylic acids is 2. The fourth-order valence-corrected chi connectivity index (χ4v) is 3.13. The SMILES string of the molecule is C=CC(=O)OCCCCCCCCCC(CCCCCCCC)OOC(=O)C=C. The zero-order valence-corrected chi connectivity index (χ0v) is 18.5. The molecule has 1 atom stereocenters. The van der Waals surface area contributed by atoms with Crippen molar-refractivity contribution in [3.63, 3.8) is 0 Å². The summed E-state index contributed by atoms with van der Waals surface area (Å²) in [7, 11) is 0. The zero-order chi connectivity index (χ0) is 21.6. The van der Waals surface area contributed by atoms with Gasteiger partial charge >= 0.3 is 11.9 Å². The van der Waals surface area contributed by atoms with Crippen LogP contribution in [0, 0.1) is 0 Å². The van der Waals surface area contributed by atoms with Crippen molar-refractivity contribution in [2.75, 3.05) is 6.61 Å². The topological polar surface area (TPSA) is 61.8 Å². The van der Waals surface area contributed by atoms with Gasteiger partial charge in [0.2, 0.25) is 0 Å². The van der Waals surface area contributed by atoms with E-state index in [4.69, 9.17) is 14.5 Å². The minimum atomic E-state index is -0.531. The van der Waals surface area contributed by atoms with Gasteiger partial charge in [-0.2, -0.15) is 4.89 Å². The quantitative estimate of drug-likeness (QED) is 0.0700. The zero-order valence-electron chi connectivity index (χ0n) is 18.5. The summed E-state index contributed by atoms with van der Waals surface area (Å²) in [5.41, 5.74) is 0. The van der Waals surface area contributed by atoms with Gasteiger partial charge in [-0.3, -0.25) is 4.89 Å². The molecule has 0 aliphatic heterocycles. The Balaban J connectivity index is 3.77. The Morgan fingerprint density at radius 3 is 1.72 bits per heavy atom. The summed E-state index contributed by atoms with van der Waals surface area (Å²) in [6.07, 6.45) is 19.3. The van der Waals surface area contributed by atoms with Crippen LogP contribution in [0.4, 0.5) is 0 Å². The second kappa shape index (κ2) is 21.1. The molecule has 29 heavy (non-hydrogen) atoms. The maximum atomic E-state index is 11.2. The molecule has 0 bridgehead atoms. The Morgan fingerprint density at radius 1 is 0.724 bits per heavy atom. The Morgan fingerprint density at radius 2 is 1.21 bits per heavy atom. The first kappa shape index (κ1) is 27.4. The molecule has 5 nitrogen and oxygen atoms in total. The van der Waals surface area contributed by atoms with Gasteiger partial charge in [0.05, 0.1) is 6.61 Å². The molecular formula is C24H42O5. The molecule has 0 aromatic rings. The molecule has 0 N–H and O–H groups in total. The molecule has 0 heterocycles. The summed E-state index contributed by atoms with van der Waals surface area (Å²) >= 11 is 0. The largest absolute Gasteiger partial charge is 0.463 e. The van der Waals surface area contributed by atoms with E-state index >= 15 is 0 Å². The molecule has 0 spiro atoms. The normalized spacial score (nSPS) is 11.6. The van der Waals surface area contributed by atoms with E-state index in [0.717, 1.165) is 57.4 Å². The van der Waals surface area contributed by atoms with E-state index < -0.39 is 5.97 Å². The average molecular weight is 411 g/mol. The minimum absolute atomic E-state index is 0.0235. The molecule has 0 fully saturated rings. The number of carbonyl (C=O) groups is 2. The van der Waals surface area contributed by atoms with Crippen LogP contribution in [0.25, 0.3) is 0 Å². The highest BCUT2D eigenvalue weighted by Crippen LogP contribution is 2.17. The van der Waals surface area contributed by atoms with E-state index in [9.17, 15) is 9.59 Å². The van der Waals surface area contributed by atoms with Crippen LogP contribution in [-0.2, 0) is 24.1 Å². The van der Waals surface area contributed by atoms with Crippen molar-refractivity contribution >= 4 is 11.9 Å². The van der Waals surface area contributed by atoms with E-state index in [0.29, 0.717) is 6.61 Å². The van der Waals surface area contributed by atoms with Crippen molar-refractivity contribution in [1.29, 1.82) is 0 Å². The summed E-state index contributed by atoms with van der Waals surface area (Å²) in [5.74, 6) is -0.877. The Bertz CT molecular complexity index is 433. The van der Waals surface area contributed by atoms with Crippen LogP contribution in [0.3, 0.4) is 0 Å². The van der Waals surface area contributed by atoms with Crippen molar-refractivity contribution in [1.82, 2.24) is 0 Å². The van der Waals surface area contributed by atoms with E-state index in [2.05, 4.69) is 20.1 Å². The molecule has 0 aliphatic rings. The molecule has 0 saturated heterocycles. The summed E-state index contributed by atoms with van der Waals surface area (Å²) in [6.45, 7) is 9.47. The predicted octanol–water partition coefficient (Wildman–Crippen LogP) is 6.62. The van der Waals surface area contributed by atoms with Crippen molar-refractivity contribution in [3.8, 4) is 0 Å². The van der Waals surface area contributed by atoms with E-state index in [1.54, 1.807) is 0 Å². The van der Waals surface area contributed by atoms with Gasteiger partial charge < -0.3 is 4.74 Å². The molecule has 0 radical (unpaired) electrons. The van der Waals surface area contributed by atoms with Gasteiger partial charge in [0, 0.05) is 12.2 Å². The summed E-state index contributed by atoms with van der Waals surface area (Å²) in [4.78, 5) is 32.3. The van der Waals surface area contributed by atoms with Gasteiger partial charge in [-0.15, -0.1) is 0 Å². The molecule has 0 aromatic heterocycles. The van der Waals surface area contributed by atoms with Crippen LogP contribution < -0.4 is 0 Å². The second-order valence-corrected chi connectivity index (χ2v) is 7.52. The summed E-state index contributed by atoms with van der Waals surface area (Å²) in [6, 6.07) is 0. The maximum Gasteiger partial charge on any atom is 0.365 e. The Kier molecular flexibility index (Phi) is 19.9. The van der Waals surface area contributed by atoms with Crippen LogP contribution in [0.15, 0.2) is 25.3 Å². The molecule has 0 aromatic carbocycles. The molecule has 168 valence electrons. The van der Waals surface area contributed by atoms with Crippen molar-refractivity contribution in [3.05, 3.63) is 25.3 Å². The number of ether oxygens (including phenoxy) is 1. The highest BCUT2D eigenvalue weighted by Gasteiger charge is 2.12. The van der Waals surface area contributed by atoms with Gasteiger partial charge in [-0.05, 0) is 19.3 Å². The molecule has 0 aliphatic carbocycles. The fourth-order valence-electron chi connectivity index (χ4n) is 3.13. The number of rotatable bonds is 21. The first-order valence-electron chi connectivity index (χ1n) is 11.4. The average Bonchev–Trinajstić information content (AvgIpc) is 2.74. The lowest BCUT2D eigenvalue weighted by Crippen LogP contribution is -2.16. The third-order valence-electron chi connectivity index (χ3n) is 4.89. The van der Waals surface area contributed by atoms with Gasteiger partial charge in [0.25, 0.3) is 0 Å². The third kappa shape index (κ3) is 19.5. The summed E-state index contributed by atoms with van der Waals surface area (Å²) < 4.78 is 4.96. The number of unbranched alkanes of at least 4 members (excludes halogenated alkanes) is 11. The van der Waals surface area contributed by atoms with Crippen LogP contribution in [0.1, 0.15) is 103 Å². The maximum absolute atomic E-state index is 11.2. The van der Waals surface area contributed by atoms with Crippen molar-refractivity contribution < 1.29 is 24.1 Å². The highest BCUT2D eigenvalue weighted by molar-refractivity contribution is 5.81. The van der Waals surface area contributed by atoms with Crippen molar-refractivity contribution in [2.24, 2.45) is 0 Å². The van der Waals surface area contributed by atoms with Crippen LogP contribution in [0.5, 0.6) is 0 Å². The van der Waals surface area contributed by atoms with Crippen LogP contribution in [0.2, 0.25) is 0 Å². The monoisotopic (exact) mass is 410 g/mol. The first-order chi connectivity index (χ1) is 14.1. The van der Waals surface area contributed by atoms with Gasteiger partial charge in [0.15, 0.2) is 0 Å².